The van der Waals surface area contributed by atoms with Gasteiger partial charge in [-0.15, -0.1) is 12.8 Å². The molecule has 387 valence electrons. The Kier molecular flexibility index (Phi) is 50.3. The normalized spacial score (nSPS) is 11.6. The number of carboxylic acid groups (broad SMARTS) is 2. The molecule has 0 spiro atoms. The number of nitrogens with one attached hydrogen (secondary N) is 5. The van der Waals surface area contributed by atoms with E-state index in [2.05, 4.69) is 38.8 Å². The molecule has 1 aromatic carbocycles. The molecule has 0 aromatic heterocycles. The van der Waals surface area contributed by atoms with Crippen molar-refractivity contribution in [1.29, 1.82) is 0 Å². The number of carboxylic acids is 2. The third-order valence-electron chi connectivity index (χ3n) is 8.81. The molecule has 0 heterocycles. The number of ether oxygens (including phenoxy) is 5. The predicted octanol–water partition coefficient (Wildman–Crippen LogP) is 2.29. The first-order valence-electron chi connectivity index (χ1n) is 22.9. The van der Waals surface area contributed by atoms with Crippen molar-refractivity contribution in [3.63, 3.8) is 0 Å². The molecule has 0 bridgehead atoms. The minimum Gasteiger partial charge on any atom is -0.540 e. The number of benzene rings is 1. The number of aromatic carboxylic acids is 1. The van der Waals surface area contributed by atoms with E-state index in [1.54, 1.807) is 19.1 Å². The summed E-state index contributed by atoms with van der Waals surface area (Å²) in [5.74, 6) is -2.87. The number of unbranched alkanes of at least 4 members (excludes halogenated alkanes) is 7. The van der Waals surface area contributed by atoms with Crippen LogP contribution in [0.2, 0.25) is 0 Å². The number of rotatable bonds is 41. The molecule has 0 aliphatic heterocycles. The van der Waals surface area contributed by atoms with E-state index in [4.69, 9.17) is 34.5 Å². The van der Waals surface area contributed by atoms with Crippen LogP contribution in [0.5, 0.6) is 5.75 Å². The van der Waals surface area contributed by atoms with Crippen LogP contribution in [0.4, 0.5) is 0 Å². The fourth-order valence-electron chi connectivity index (χ4n) is 5.29. The van der Waals surface area contributed by atoms with Crippen LogP contribution in [0.15, 0.2) is 24.3 Å². The molecule has 0 saturated heterocycles. The van der Waals surface area contributed by atoms with Gasteiger partial charge in [0.2, 0.25) is 23.6 Å². The van der Waals surface area contributed by atoms with Gasteiger partial charge >= 0.3 is 11.9 Å². The first-order valence-corrected chi connectivity index (χ1v) is 23.3. The van der Waals surface area contributed by atoms with Crippen molar-refractivity contribution in [3.05, 3.63) is 29.8 Å². The van der Waals surface area contributed by atoms with Crippen molar-refractivity contribution in [2.75, 3.05) is 79.1 Å². The van der Waals surface area contributed by atoms with Gasteiger partial charge in [0.25, 0.3) is 0 Å². The molecule has 0 aliphatic carbocycles. The molecule has 1 radical (unpaired) electrons. The second-order valence-corrected chi connectivity index (χ2v) is 14.8. The van der Waals surface area contributed by atoms with E-state index in [1.807, 2.05) is 20.1 Å². The maximum absolute atomic E-state index is 12.3. The molecule has 1 unspecified atom stereocenters. The van der Waals surface area contributed by atoms with Gasteiger partial charge in [-0.25, -0.2) is 15.9 Å². The van der Waals surface area contributed by atoms with Crippen molar-refractivity contribution in [2.45, 2.75) is 122 Å². The molecule has 1 aromatic rings. The summed E-state index contributed by atoms with van der Waals surface area (Å²) in [6.45, 7) is 8.09. The van der Waals surface area contributed by atoms with Crippen molar-refractivity contribution in [1.82, 2.24) is 26.0 Å². The van der Waals surface area contributed by atoms with Gasteiger partial charge in [-0.1, -0.05) is 64.8 Å². The van der Waals surface area contributed by atoms with E-state index in [0.717, 1.165) is 44.9 Å². The number of amides is 4. The summed E-state index contributed by atoms with van der Waals surface area (Å²) in [5, 5.41) is 28.9. The van der Waals surface area contributed by atoms with Crippen molar-refractivity contribution >= 4 is 61.0 Å². The maximum atomic E-state index is 12.3. The number of aldehydes is 1. The van der Waals surface area contributed by atoms with Gasteiger partial charge < -0.3 is 70.5 Å². The van der Waals surface area contributed by atoms with Crippen LogP contribution < -0.4 is 36.5 Å². The summed E-state index contributed by atoms with van der Waals surface area (Å²) in [6.07, 6.45) is 10.9. The third-order valence-corrected chi connectivity index (χ3v) is 9.13. The van der Waals surface area contributed by atoms with E-state index < -0.39 is 24.0 Å². The van der Waals surface area contributed by atoms with Gasteiger partial charge in [0.05, 0.1) is 57.9 Å². The summed E-state index contributed by atoms with van der Waals surface area (Å²) in [6, 6.07) is 4.40. The third kappa shape index (κ3) is 44.9. The Bertz CT molecular complexity index is 1480. The van der Waals surface area contributed by atoms with Crippen molar-refractivity contribution < 1.29 is 105 Å². The molecular formula is C45H77N6O15SY-. The van der Waals surface area contributed by atoms with Crippen LogP contribution in [-0.4, -0.2) is 156 Å². The number of nitrogens with two attached hydrogens (primary N) is 1. The average Bonchev–Trinajstić information content (AvgIpc) is 3.32. The minimum absolute atomic E-state index is 0. The summed E-state index contributed by atoms with van der Waals surface area (Å²) >= 11 is 3.83. The number of carbonyl (C=O) groups excluding carboxylic acids is 6. The summed E-state index contributed by atoms with van der Waals surface area (Å²) in [5.41, 5.74) is 5.14. The molecule has 4 amide bonds. The Balaban J connectivity index is -0.00000493. The molecule has 23 heteroatoms. The molecule has 21 nitrogen and oxygen atoms in total. The van der Waals surface area contributed by atoms with Crippen LogP contribution >= 0.6 is 12.8 Å². The van der Waals surface area contributed by atoms with Crippen molar-refractivity contribution in [3.8, 4) is 5.75 Å². The largest absolute Gasteiger partial charge is 0.540 e. The van der Waals surface area contributed by atoms with E-state index in [1.165, 1.54) is 12.1 Å². The second kappa shape index (κ2) is 49.8. The van der Waals surface area contributed by atoms with Gasteiger partial charge in [-0.2, -0.15) is 0 Å². The molecule has 0 fully saturated rings. The zero-order valence-electron chi connectivity index (χ0n) is 40.1. The number of carbonyl (C=O) groups is 7. The fourth-order valence-corrected chi connectivity index (χ4v) is 5.47. The van der Waals surface area contributed by atoms with Crippen LogP contribution in [0, 0.1) is 0 Å². The molecule has 0 saturated carbocycles. The standard InChI is InChI=1S/C40H64N5O14S.C3H7NO.C2H6.Y/c46-28-32(45-60)10-7-8-18-41-37(49)29-57-26-25-56-23-20-43-38(50)30-58-27-24-55-22-19-42-35(47)17-16-34(40(53)54)44-36(48)11-6-4-2-1-3-5-9-21-59-33-14-12-31(13-15-33)39(51)52;1-3(4)2-5;1-2;/h12-15,32,34,45,60H,1-11,16-27,29-30H2,(H,41,49)(H,42,47)(H,43,50)(H,44,48)(H,51,52)(H,53,54);2-3H,4H2,1H3;1-2H3;/q-1;;;/t32-,34-;;;/m0.../s1. The second-order valence-electron chi connectivity index (χ2n) is 14.6. The SMILES string of the molecule is CC.CC(N)C=O.O=[C-][C@H](CCCCNC(=O)COCCOCCNC(=O)COCCOCCNC(=O)CC[C@H](NC(=O)CCCCCCCCCOc1ccc(C(=O)O)cc1)C(=O)O)NS.[Y]. The molecular weight excluding hydrogens is 985 g/mol. The van der Waals surface area contributed by atoms with Crippen LogP contribution in [0.1, 0.15) is 115 Å². The zero-order valence-corrected chi connectivity index (χ0v) is 43.8. The first-order chi connectivity index (χ1) is 32.3. The van der Waals surface area contributed by atoms with E-state index in [-0.39, 0.29) is 153 Å². The number of aliphatic carboxylic acids is 1. The van der Waals surface area contributed by atoms with Crippen LogP contribution in [0.25, 0.3) is 0 Å². The maximum Gasteiger partial charge on any atom is 0.335 e. The summed E-state index contributed by atoms with van der Waals surface area (Å²) in [4.78, 5) is 90.6. The van der Waals surface area contributed by atoms with Gasteiger partial charge in [0.1, 0.15) is 31.3 Å². The predicted molar refractivity (Wildman–Crippen MR) is 253 cm³/mol. The number of hydrogen-bond acceptors (Lipinski definition) is 16. The molecule has 0 aliphatic rings. The Hall–Kier alpha value is -3.61. The number of hydrogen-bond donors (Lipinski definition) is 9. The Labute approximate surface area is 432 Å². The molecule has 3 atom stereocenters. The first kappa shape index (κ1) is 68.7. The van der Waals surface area contributed by atoms with E-state index >= 15 is 0 Å². The molecule has 68 heavy (non-hydrogen) atoms. The minimum atomic E-state index is -1.21. The molecule has 9 N–H and O–H groups in total. The van der Waals surface area contributed by atoms with E-state index in [0.29, 0.717) is 44.4 Å². The Morgan fingerprint density at radius 3 is 1.66 bits per heavy atom. The van der Waals surface area contributed by atoms with Gasteiger partial charge in [-0.3, -0.25) is 23.9 Å². The summed E-state index contributed by atoms with van der Waals surface area (Å²) in [7, 11) is 0. The number of thiol groups is 1. The zero-order chi connectivity index (χ0) is 50.3. The van der Waals surface area contributed by atoms with Crippen LogP contribution in [-0.2, 0) is 85.2 Å². The Morgan fingerprint density at radius 1 is 0.662 bits per heavy atom. The monoisotopic (exact) mass is 1060 g/mol. The summed E-state index contributed by atoms with van der Waals surface area (Å²) < 4.78 is 29.4. The smallest absolute Gasteiger partial charge is 0.335 e. The van der Waals surface area contributed by atoms with Crippen molar-refractivity contribution in [2.24, 2.45) is 5.73 Å². The average molecular weight is 1060 g/mol. The topological polar surface area (TPSA) is 309 Å². The molecule has 1 rings (SSSR count). The fraction of sp³-hybridized carbons (Fsp3) is 0.689. The quantitative estimate of drug-likeness (QED) is 0.0197. The van der Waals surface area contributed by atoms with E-state index in [9.17, 15) is 43.5 Å². The van der Waals surface area contributed by atoms with Gasteiger partial charge in [0.15, 0.2) is 0 Å². The van der Waals surface area contributed by atoms with Gasteiger partial charge in [0, 0.05) is 65.2 Å². The van der Waals surface area contributed by atoms with Crippen LogP contribution in [0.3, 0.4) is 0 Å². The Morgan fingerprint density at radius 2 is 1.16 bits per heavy atom. The van der Waals surface area contributed by atoms with Gasteiger partial charge in [-0.05, 0) is 56.9 Å².